The molecule has 0 heterocycles. The Hall–Kier alpha value is -4.05. The maximum Gasteiger partial charge on any atom is 0.361 e. The number of likely N-dealkylation sites (N-methyl/N-ethyl adjacent to an activating group) is 1. The molecule has 0 aromatic heterocycles. The van der Waals surface area contributed by atoms with Crippen molar-refractivity contribution in [2.75, 3.05) is 47.5 Å². The molecule has 0 amide bonds. The van der Waals surface area contributed by atoms with Gasteiger partial charge >= 0.3 is 17.9 Å². The lowest BCUT2D eigenvalue weighted by atomic mass is 10.0. The molecule has 0 radical (unpaired) electrons. The maximum absolute atomic E-state index is 13.0. The van der Waals surface area contributed by atoms with E-state index in [0.717, 1.165) is 103 Å². The van der Waals surface area contributed by atoms with Crippen molar-refractivity contribution >= 4 is 17.9 Å². The van der Waals surface area contributed by atoms with E-state index >= 15 is 0 Å². The zero-order valence-electron chi connectivity index (χ0n) is 70.6. The van der Waals surface area contributed by atoms with Crippen LogP contribution in [0.5, 0.6) is 0 Å². The smallest absolute Gasteiger partial charge is 0.361 e. The van der Waals surface area contributed by atoms with Gasteiger partial charge in [-0.05, 0) is 83.5 Å². The van der Waals surface area contributed by atoms with Crippen molar-refractivity contribution < 1.29 is 42.9 Å². The molecule has 0 bridgehead atoms. The highest BCUT2D eigenvalue weighted by Crippen LogP contribution is 2.21. The molecule has 0 rings (SSSR count). The summed E-state index contributed by atoms with van der Waals surface area (Å²) in [7, 11) is 6.00. The predicted molar refractivity (Wildman–Crippen MR) is 461 cm³/mol. The minimum absolute atomic E-state index is 0.182. The quantitative estimate of drug-likeness (QED) is 0.0211. The topological polar surface area (TPSA) is 108 Å². The maximum atomic E-state index is 13.0. The first-order valence-corrected chi connectivity index (χ1v) is 45.6. The Morgan fingerprint density at radius 1 is 0.292 bits per heavy atom. The first-order chi connectivity index (χ1) is 52.1. The second kappa shape index (κ2) is 86.5. The van der Waals surface area contributed by atoms with E-state index in [4.69, 9.17) is 18.9 Å². The predicted octanol–water partition coefficient (Wildman–Crippen LogP) is 30.0. The van der Waals surface area contributed by atoms with Crippen molar-refractivity contribution in [3.63, 3.8) is 0 Å². The molecule has 0 saturated carbocycles. The minimum atomic E-state index is -1.52. The molecule has 1 N–H and O–H groups in total. The van der Waals surface area contributed by atoms with Gasteiger partial charge in [0.2, 0.25) is 0 Å². The molecule has 0 aliphatic carbocycles. The molecule has 9 nitrogen and oxygen atoms in total. The van der Waals surface area contributed by atoms with Gasteiger partial charge in [0.1, 0.15) is 13.2 Å². The van der Waals surface area contributed by atoms with Crippen LogP contribution in [0.4, 0.5) is 0 Å². The fourth-order valence-electron chi connectivity index (χ4n) is 13.4. The van der Waals surface area contributed by atoms with Crippen LogP contribution in [0.1, 0.15) is 431 Å². The van der Waals surface area contributed by atoms with Crippen LogP contribution in [-0.4, -0.2) is 87.4 Å². The third kappa shape index (κ3) is 87.2. The lowest BCUT2D eigenvalue weighted by Crippen LogP contribution is -2.40. The number of quaternary nitrogens is 1. The molecule has 0 saturated heterocycles. The number of carbonyl (C=O) groups is 3. The second-order valence-corrected chi connectivity index (χ2v) is 31.9. The number of carboxylic acids is 1. The molecule has 0 aliphatic rings. The van der Waals surface area contributed by atoms with E-state index in [1.165, 1.54) is 302 Å². The van der Waals surface area contributed by atoms with E-state index < -0.39 is 24.3 Å². The van der Waals surface area contributed by atoms with Gasteiger partial charge in [0.15, 0.2) is 6.10 Å². The molecule has 2 unspecified atom stereocenters. The molecule has 0 fully saturated rings. The minimum Gasteiger partial charge on any atom is -0.477 e. The summed E-state index contributed by atoms with van der Waals surface area (Å²) in [4.78, 5) is 37.8. The van der Waals surface area contributed by atoms with E-state index in [1.807, 2.05) is 21.1 Å². The van der Waals surface area contributed by atoms with E-state index in [9.17, 15) is 19.5 Å². The lowest BCUT2D eigenvalue weighted by molar-refractivity contribution is -0.870. The molecule has 9 heteroatoms. The molecule has 2 atom stereocenters. The van der Waals surface area contributed by atoms with Gasteiger partial charge < -0.3 is 28.5 Å². The van der Waals surface area contributed by atoms with Crippen LogP contribution >= 0.6 is 0 Å². The van der Waals surface area contributed by atoms with Crippen LogP contribution in [0, 0.1) is 0 Å². The average Bonchev–Trinajstić information content (AvgIpc) is 0.935. The Balaban J connectivity index is 3.95. The highest BCUT2D eigenvalue weighted by atomic mass is 16.7. The first-order valence-electron chi connectivity index (χ1n) is 45.6. The SMILES string of the molecule is CC/C=C\C/C=C\C/C=C\C/C=C\C/C=C\C/C=C\C/C=C\C/C=C\C/C=C\CCCCCCCCCCCCCCCC(=O)OC(COC(=O)CCCCCCCCCCCCCCCCCCCCCCCCCCCCCCCCCCCCCCCCCC)COC(OCC[N+](C)(C)C)C(=O)O. The monoisotopic (exact) mass is 1480 g/mol. The summed E-state index contributed by atoms with van der Waals surface area (Å²) >= 11 is 0. The Kier molecular flexibility index (Phi) is 83.2. The van der Waals surface area contributed by atoms with E-state index in [1.54, 1.807) is 0 Å². The Bertz CT molecular complexity index is 2130. The Morgan fingerprint density at radius 2 is 0.538 bits per heavy atom. The largest absolute Gasteiger partial charge is 0.477 e. The molecule has 0 aromatic rings. The van der Waals surface area contributed by atoms with Crippen molar-refractivity contribution in [3.05, 3.63) is 109 Å². The van der Waals surface area contributed by atoms with Gasteiger partial charge in [-0.1, -0.05) is 444 Å². The normalized spacial score (nSPS) is 13.1. The molecule has 106 heavy (non-hydrogen) atoms. The standard InChI is InChI=1S/C97H173NO8/c1-6-8-10-12-14-16-18-20-22-24-26-28-30-32-34-36-38-40-42-44-46-48-50-52-54-56-58-60-62-64-66-68-70-72-74-76-78-80-82-84-86-88-95(100)106-93(92-105-97(96(101)102)103-90-89-98(3,4)5)91-104-94(99)87-85-83-81-79-77-75-73-71-69-67-65-63-61-59-57-55-53-51-49-47-45-43-41-39-37-35-33-31-29-27-25-23-21-19-17-15-13-11-9-7-2/h8,10,14,16,20,22,26,28,32,34,38,40,44,46,50,52,56,58,93,97H,6-7,9,11-13,15,17-19,21,23-25,27,29-31,33,35-37,39,41-43,45,47-49,51,53-55,57,59-92H2,1-5H3/p+1/b10-8-,16-14-,22-20-,28-26-,34-32-,40-38-,46-44-,52-50-,58-56-. The van der Waals surface area contributed by atoms with Crippen LogP contribution < -0.4 is 0 Å². The summed E-state index contributed by atoms with van der Waals surface area (Å²) in [5.41, 5.74) is 0. The van der Waals surface area contributed by atoms with Crippen molar-refractivity contribution in [1.29, 1.82) is 0 Å². The van der Waals surface area contributed by atoms with Gasteiger partial charge in [-0.2, -0.15) is 0 Å². The number of carbonyl (C=O) groups excluding carboxylic acids is 2. The van der Waals surface area contributed by atoms with Gasteiger partial charge in [0.05, 0.1) is 34.4 Å². The summed E-state index contributed by atoms with van der Waals surface area (Å²) in [5.74, 6) is -1.99. The van der Waals surface area contributed by atoms with Gasteiger partial charge in [-0.3, -0.25) is 9.59 Å². The van der Waals surface area contributed by atoms with Crippen LogP contribution in [-0.2, 0) is 33.3 Å². The van der Waals surface area contributed by atoms with E-state index in [0.29, 0.717) is 17.4 Å². The summed E-state index contributed by atoms with van der Waals surface area (Å²) in [5, 5.41) is 9.80. The number of ether oxygens (including phenoxy) is 4. The number of hydrogen-bond donors (Lipinski definition) is 1. The van der Waals surface area contributed by atoms with Crippen LogP contribution in [0.3, 0.4) is 0 Å². The van der Waals surface area contributed by atoms with Gasteiger partial charge in [0.25, 0.3) is 6.29 Å². The number of nitrogens with zero attached hydrogens (tertiary/aromatic N) is 1. The molecule has 0 spiro atoms. The van der Waals surface area contributed by atoms with E-state index in [2.05, 4.69) is 123 Å². The number of hydrogen-bond acceptors (Lipinski definition) is 7. The highest BCUT2D eigenvalue weighted by molar-refractivity contribution is 5.71. The first kappa shape index (κ1) is 102. The Labute approximate surface area is 657 Å². The van der Waals surface area contributed by atoms with Crippen LogP contribution in [0.15, 0.2) is 109 Å². The average molecular weight is 1480 g/mol. The number of aliphatic carboxylic acids is 1. The Morgan fingerprint density at radius 3 is 0.802 bits per heavy atom. The number of rotatable bonds is 85. The fraction of sp³-hybridized carbons (Fsp3) is 0.784. The van der Waals surface area contributed by atoms with Gasteiger partial charge in [-0.25, -0.2) is 4.79 Å². The molecule has 0 aliphatic heterocycles. The lowest BCUT2D eigenvalue weighted by Gasteiger charge is -2.25. The van der Waals surface area contributed by atoms with Crippen molar-refractivity contribution in [1.82, 2.24) is 0 Å². The molecule has 614 valence electrons. The highest BCUT2D eigenvalue weighted by Gasteiger charge is 2.25. The number of carboxylic acid groups (broad SMARTS) is 1. The number of esters is 2. The third-order valence-electron chi connectivity index (χ3n) is 20.3. The van der Waals surface area contributed by atoms with Crippen molar-refractivity contribution in [2.24, 2.45) is 0 Å². The fourth-order valence-corrected chi connectivity index (χ4v) is 13.4. The number of allylic oxidation sites excluding steroid dienone is 18. The van der Waals surface area contributed by atoms with Crippen LogP contribution in [0.2, 0.25) is 0 Å². The molecular formula is C97H174NO8+. The third-order valence-corrected chi connectivity index (χ3v) is 20.3. The summed E-state index contributed by atoms with van der Waals surface area (Å²) in [6.45, 7) is 4.82. The summed E-state index contributed by atoms with van der Waals surface area (Å²) in [6.07, 6.45) is 120. The zero-order chi connectivity index (χ0) is 76.7. The molecular weight excluding hydrogens is 1310 g/mol. The molecule has 0 aromatic carbocycles. The van der Waals surface area contributed by atoms with Crippen LogP contribution in [0.25, 0.3) is 0 Å². The zero-order valence-corrected chi connectivity index (χ0v) is 70.6. The van der Waals surface area contributed by atoms with Crippen molar-refractivity contribution in [3.8, 4) is 0 Å². The summed E-state index contributed by atoms with van der Waals surface area (Å²) in [6, 6.07) is 0. The number of unbranched alkanes of at least 4 members (excludes halogenated alkanes) is 52. The van der Waals surface area contributed by atoms with Gasteiger partial charge in [-0.15, -0.1) is 0 Å². The van der Waals surface area contributed by atoms with Crippen molar-refractivity contribution in [2.45, 2.75) is 444 Å². The van der Waals surface area contributed by atoms with Gasteiger partial charge in [0, 0.05) is 12.8 Å². The second-order valence-electron chi connectivity index (χ2n) is 31.9. The summed E-state index contributed by atoms with van der Waals surface area (Å²) < 4.78 is 23.1. The van der Waals surface area contributed by atoms with E-state index in [-0.39, 0.29) is 32.2 Å².